The summed E-state index contributed by atoms with van der Waals surface area (Å²) in [6.07, 6.45) is 0.794. The van der Waals surface area contributed by atoms with Gasteiger partial charge < -0.3 is 20.1 Å². The van der Waals surface area contributed by atoms with E-state index in [2.05, 4.69) is 16.0 Å². The van der Waals surface area contributed by atoms with Crippen molar-refractivity contribution in [3.63, 3.8) is 0 Å². The highest BCUT2D eigenvalue weighted by molar-refractivity contribution is 7.18. The molecule has 7 heteroatoms. The monoisotopic (exact) mass is 373 g/mol. The van der Waals surface area contributed by atoms with Crippen LogP contribution < -0.4 is 10.6 Å². The fourth-order valence-electron chi connectivity index (χ4n) is 3.55. The first kappa shape index (κ1) is 17.5. The number of carbonyl (C=O) groups is 1. The molecule has 0 aliphatic carbocycles. The van der Waals surface area contributed by atoms with E-state index in [-0.39, 0.29) is 11.7 Å². The molecule has 2 aliphatic heterocycles. The van der Waals surface area contributed by atoms with Gasteiger partial charge in [0.05, 0.1) is 30.4 Å². The minimum absolute atomic E-state index is 0.0459. The van der Waals surface area contributed by atoms with Crippen molar-refractivity contribution in [1.82, 2.24) is 4.98 Å². The summed E-state index contributed by atoms with van der Waals surface area (Å²) in [7, 11) is 0. The topological polar surface area (TPSA) is 77.7 Å². The summed E-state index contributed by atoms with van der Waals surface area (Å²) < 4.78 is 10.9. The zero-order valence-corrected chi connectivity index (χ0v) is 15.7. The van der Waals surface area contributed by atoms with Crippen molar-refractivity contribution in [1.29, 1.82) is 0 Å². The zero-order chi connectivity index (χ0) is 18.1. The Balaban J connectivity index is 1.76. The maximum Gasteiger partial charge on any atom is 0.180 e. The lowest BCUT2D eigenvalue weighted by Gasteiger charge is -2.29. The summed E-state index contributed by atoms with van der Waals surface area (Å²) in [6, 6.07) is 6.12. The molecule has 0 amide bonds. The van der Waals surface area contributed by atoms with Crippen LogP contribution in [-0.2, 0) is 9.47 Å². The molecule has 0 radical (unpaired) electrons. The van der Waals surface area contributed by atoms with Crippen molar-refractivity contribution in [3.05, 3.63) is 29.5 Å². The lowest BCUT2D eigenvalue weighted by Crippen LogP contribution is -2.36. The van der Waals surface area contributed by atoms with Gasteiger partial charge in [0.2, 0.25) is 0 Å². The van der Waals surface area contributed by atoms with E-state index in [9.17, 15) is 4.79 Å². The van der Waals surface area contributed by atoms with Crippen molar-refractivity contribution in [2.24, 2.45) is 5.92 Å². The molecule has 1 aromatic carbocycles. The molecule has 3 heterocycles. The van der Waals surface area contributed by atoms with Gasteiger partial charge >= 0.3 is 0 Å². The van der Waals surface area contributed by atoms with Gasteiger partial charge in [0, 0.05) is 36.9 Å². The summed E-state index contributed by atoms with van der Waals surface area (Å²) in [5.41, 5.74) is 9.59. The number of nitrogens with zero attached hydrogens (tertiary/aromatic N) is 2. The van der Waals surface area contributed by atoms with Crippen LogP contribution in [0.4, 0.5) is 10.8 Å². The molecule has 0 saturated carbocycles. The normalized spacial score (nSPS) is 20.5. The molecule has 6 nitrogen and oxygen atoms in total. The Kier molecular flexibility index (Phi) is 4.93. The molecular formula is C19H23N3O3S. The second-order valence-electron chi connectivity index (χ2n) is 6.76. The van der Waals surface area contributed by atoms with Gasteiger partial charge in [-0.15, -0.1) is 0 Å². The molecule has 1 atom stereocenters. The van der Waals surface area contributed by atoms with E-state index in [1.807, 2.05) is 19.1 Å². The largest absolute Gasteiger partial charge is 0.381 e. The number of aromatic nitrogens is 1. The van der Waals surface area contributed by atoms with E-state index in [0.717, 1.165) is 46.9 Å². The Morgan fingerprint density at radius 1 is 1.23 bits per heavy atom. The van der Waals surface area contributed by atoms with Gasteiger partial charge in [-0.1, -0.05) is 11.3 Å². The van der Waals surface area contributed by atoms with Gasteiger partial charge in [0.25, 0.3) is 0 Å². The highest BCUT2D eigenvalue weighted by atomic mass is 32.1. The number of ether oxygens (including phenoxy) is 2. The molecule has 2 fully saturated rings. The summed E-state index contributed by atoms with van der Waals surface area (Å²) in [5, 5.41) is 0.548. The quantitative estimate of drug-likeness (QED) is 0.831. The van der Waals surface area contributed by atoms with Crippen LogP contribution >= 0.6 is 11.3 Å². The van der Waals surface area contributed by atoms with Crippen LogP contribution in [0.3, 0.4) is 0 Å². The number of aryl methyl sites for hydroxylation is 1. The molecule has 4 rings (SSSR count). The summed E-state index contributed by atoms with van der Waals surface area (Å²) in [5.74, 6) is 0.115. The number of benzene rings is 1. The minimum Gasteiger partial charge on any atom is -0.381 e. The lowest BCUT2D eigenvalue weighted by molar-refractivity contribution is 0.0900. The van der Waals surface area contributed by atoms with Crippen LogP contribution in [0.25, 0.3) is 10.4 Å². The summed E-state index contributed by atoms with van der Waals surface area (Å²) >= 11 is 1.46. The van der Waals surface area contributed by atoms with Crippen LogP contribution in [0.15, 0.2) is 18.2 Å². The molecule has 0 bridgehead atoms. The molecule has 2 N–H and O–H groups in total. The van der Waals surface area contributed by atoms with E-state index in [1.54, 1.807) is 0 Å². The number of carbonyl (C=O) groups excluding carboxylic acids is 1. The van der Waals surface area contributed by atoms with E-state index in [0.29, 0.717) is 31.6 Å². The van der Waals surface area contributed by atoms with Crippen LogP contribution in [0.2, 0.25) is 0 Å². The van der Waals surface area contributed by atoms with Crippen molar-refractivity contribution in [2.75, 3.05) is 50.2 Å². The summed E-state index contributed by atoms with van der Waals surface area (Å²) in [6.45, 7) is 6.20. The van der Waals surface area contributed by atoms with Gasteiger partial charge in [-0.3, -0.25) is 4.79 Å². The predicted molar refractivity (Wildman–Crippen MR) is 103 cm³/mol. The number of hydrogen-bond acceptors (Lipinski definition) is 7. The number of hydrogen-bond donors (Lipinski definition) is 1. The number of ketones is 1. The van der Waals surface area contributed by atoms with Crippen LogP contribution in [0, 0.1) is 12.8 Å². The zero-order valence-electron chi connectivity index (χ0n) is 14.9. The number of Topliss-reactive ketones (excluding diaryl/α,β-unsaturated/α-hetero) is 1. The first-order valence-electron chi connectivity index (χ1n) is 8.95. The van der Waals surface area contributed by atoms with Gasteiger partial charge in [-0.2, -0.15) is 0 Å². The van der Waals surface area contributed by atoms with Gasteiger partial charge in [0.1, 0.15) is 0 Å². The molecule has 1 aromatic heterocycles. The highest BCUT2D eigenvalue weighted by Crippen LogP contribution is 2.35. The third kappa shape index (κ3) is 3.47. The van der Waals surface area contributed by atoms with Gasteiger partial charge in [-0.25, -0.2) is 4.98 Å². The summed E-state index contributed by atoms with van der Waals surface area (Å²) in [4.78, 5) is 20.6. The van der Waals surface area contributed by atoms with Crippen LogP contribution in [0.5, 0.6) is 0 Å². The molecule has 2 aliphatic rings. The number of morpholine rings is 1. The second kappa shape index (κ2) is 7.34. The van der Waals surface area contributed by atoms with Gasteiger partial charge in [-0.05, 0) is 37.1 Å². The SMILES string of the molecule is Cc1nc(N)sc1-c1cc(C(=O)[C@@H]2CCOC2)cc(N2CCOCC2)c1. The van der Waals surface area contributed by atoms with E-state index in [4.69, 9.17) is 15.2 Å². The van der Waals surface area contributed by atoms with Crippen molar-refractivity contribution >= 4 is 27.9 Å². The first-order chi connectivity index (χ1) is 12.6. The minimum atomic E-state index is -0.0459. The standard InChI is InChI=1S/C19H23N3O3S/c1-12-18(26-19(20)21-12)15-8-14(17(23)13-2-5-25-11-13)9-16(10-15)22-3-6-24-7-4-22/h8-10,13H,2-7,11H2,1H3,(H2,20,21)/t13-/m1/s1. The Morgan fingerprint density at radius 2 is 2.04 bits per heavy atom. The fourth-order valence-corrected chi connectivity index (χ4v) is 4.37. The average Bonchev–Trinajstić information content (AvgIpc) is 3.31. The molecule has 26 heavy (non-hydrogen) atoms. The van der Waals surface area contributed by atoms with Crippen molar-refractivity contribution < 1.29 is 14.3 Å². The molecule has 138 valence electrons. The molecule has 0 spiro atoms. The number of thiazole rings is 1. The predicted octanol–water partition coefficient (Wildman–Crippen LogP) is 2.76. The third-order valence-corrected chi connectivity index (χ3v) is 5.99. The molecule has 2 saturated heterocycles. The van der Waals surface area contributed by atoms with E-state index < -0.39 is 0 Å². The molecule has 0 unspecified atom stereocenters. The Bertz CT molecular complexity index is 808. The van der Waals surface area contributed by atoms with E-state index >= 15 is 0 Å². The average molecular weight is 373 g/mol. The smallest absolute Gasteiger partial charge is 0.180 e. The van der Waals surface area contributed by atoms with Crippen molar-refractivity contribution in [2.45, 2.75) is 13.3 Å². The number of rotatable bonds is 4. The number of nitrogen functional groups attached to an aromatic ring is 1. The highest BCUT2D eigenvalue weighted by Gasteiger charge is 2.26. The van der Waals surface area contributed by atoms with Gasteiger partial charge in [0.15, 0.2) is 10.9 Å². The van der Waals surface area contributed by atoms with Crippen molar-refractivity contribution in [3.8, 4) is 10.4 Å². The maximum atomic E-state index is 13.0. The molecule has 2 aromatic rings. The first-order valence-corrected chi connectivity index (χ1v) is 9.76. The van der Waals surface area contributed by atoms with Crippen LogP contribution in [-0.4, -0.2) is 50.3 Å². The number of anilines is 2. The fraction of sp³-hybridized carbons (Fsp3) is 0.474. The lowest BCUT2D eigenvalue weighted by atomic mass is 9.94. The Morgan fingerprint density at radius 3 is 2.69 bits per heavy atom. The maximum absolute atomic E-state index is 13.0. The number of nitrogens with two attached hydrogens (primary N) is 1. The van der Waals surface area contributed by atoms with E-state index in [1.165, 1.54) is 11.3 Å². The van der Waals surface area contributed by atoms with Crippen LogP contribution in [0.1, 0.15) is 22.5 Å². The third-order valence-electron chi connectivity index (χ3n) is 4.95. The molecular weight excluding hydrogens is 350 g/mol. The second-order valence-corrected chi connectivity index (χ2v) is 7.79. The Hall–Kier alpha value is -1.96. The Labute approximate surface area is 156 Å².